The van der Waals surface area contributed by atoms with Gasteiger partial charge in [-0.05, 0) is 31.4 Å². The van der Waals surface area contributed by atoms with Crippen molar-refractivity contribution in [1.82, 2.24) is 4.90 Å². The number of carbonyl (C=O) groups excluding carboxylic acids is 1. The summed E-state index contributed by atoms with van der Waals surface area (Å²) in [7, 11) is 1.67. The molecule has 2 unspecified atom stereocenters. The van der Waals surface area contributed by atoms with Crippen molar-refractivity contribution in [2.75, 3.05) is 38.2 Å². The molecule has 1 aromatic rings. The fourth-order valence-electron chi connectivity index (χ4n) is 3.46. The molecule has 3 rings (SSSR count). The quantitative estimate of drug-likeness (QED) is 0.919. The van der Waals surface area contributed by atoms with Crippen LogP contribution in [-0.4, -0.2) is 55.3 Å². The van der Waals surface area contributed by atoms with Crippen LogP contribution in [0.4, 0.5) is 5.69 Å². The number of ether oxygens (including phenoxy) is 1. The highest BCUT2D eigenvalue weighted by molar-refractivity contribution is 5.80. The van der Waals surface area contributed by atoms with E-state index in [1.54, 1.807) is 7.11 Å². The molecule has 2 atom stereocenters. The van der Waals surface area contributed by atoms with Gasteiger partial charge in [-0.1, -0.05) is 6.07 Å². The van der Waals surface area contributed by atoms with Crippen LogP contribution in [-0.2, 0) is 4.79 Å². The Balaban J connectivity index is 1.59. The van der Waals surface area contributed by atoms with E-state index in [0.717, 1.165) is 56.9 Å². The number of benzene rings is 1. The SMILES string of the molecule is COc1cccc(N2CCN(C(=O)C3CCCC3O)CC2)c1. The van der Waals surface area contributed by atoms with Gasteiger partial charge in [0.15, 0.2) is 0 Å². The van der Waals surface area contributed by atoms with Crippen LogP contribution in [0, 0.1) is 5.92 Å². The molecule has 0 aromatic heterocycles. The molecule has 1 heterocycles. The third-order valence-electron chi connectivity index (χ3n) is 4.81. The number of nitrogens with zero attached hydrogens (tertiary/aromatic N) is 2. The van der Waals surface area contributed by atoms with Crippen molar-refractivity contribution in [2.45, 2.75) is 25.4 Å². The lowest BCUT2D eigenvalue weighted by atomic mass is 10.0. The third kappa shape index (κ3) is 3.04. The maximum atomic E-state index is 12.5. The van der Waals surface area contributed by atoms with E-state index in [9.17, 15) is 9.90 Å². The van der Waals surface area contributed by atoms with Crippen molar-refractivity contribution in [3.63, 3.8) is 0 Å². The van der Waals surface area contributed by atoms with Gasteiger partial charge in [-0.25, -0.2) is 0 Å². The number of hydrogen-bond acceptors (Lipinski definition) is 4. The van der Waals surface area contributed by atoms with Gasteiger partial charge in [0.1, 0.15) is 5.75 Å². The molecule has 1 N–H and O–H groups in total. The molecule has 5 heteroatoms. The van der Waals surface area contributed by atoms with Crippen LogP contribution >= 0.6 is 0 Å². The van der Waals surface area contributed by atoms with Crippen molar-refractivity contribution in [1.29, 1.82) is 0 Å². The summed E-state index contributed by atoms with van der Waals surface area (Å²) in [6.45, 7) is 3.09. The first-order chi connectivity index (χ1) is 10.7. The number of aliphatic hydroxyl groups excluding tert-OH is 1. The first-order valence-corrected chi connectivity index (χ1v) is 8.05. The highest BCUT2D eigenvalue weighted by Crippen LogP contribution is 2.28. The van der Waals surface area contributed by atoms with Crippen LogP contribution in [0.1, 0.15) is 19.3 Å². The third-order valence-corrected chi connectivity index (χ3v) is 4.81. The molecule has 0 bridgehead atoms. The van der Waals surface area contributed by atoms with Crippen LogP contribution < -0.4 is 9.64 Å². The molecular formula is C17H24N2O3. The number of anilines is 1. The summed E-state index contributed by atoms with van der Waals surface area (Å²) in [6, 6.07) is 8.02. The van der Waals surface area contributed by atoms with E-state index in [1.165, 1.54) is 0 Å². The minimum atomic E-state index is -0.441. The molecule has 1 aliphatic carbocycles. The molecule has 5 nitrogen and oxygen atoms in total. The van der Waals surface area contributed by atoms with Gasteiger partial charge in [0.05, 0.1) is 19.1 Å². The second kappa shape index (κ2) is 6.57. The van der Waals surface area contributed by atoms with Gasteiger partial charge in [0.25, 0.3) is 0 Å². The molecule has 1 saturated carbocycles. The van der Waals surface area contributed by atoms with E-state index in [4.69, 9.17) is 4.74 Å². The Morgan fingerprint density at radius 2 is 2.00 bits per heavy atom. The van der Waals surface area contributed by atoms with E-state index < -0.39 is 6.10 Å². The molecule has 2 aliphatic rings. The number of hydrogen-bond donors (Lipinski definition) is 1. The van der Waals surface area contributed by atoms with Crippen LogP contribution in [0.25, 0.3) is 0 Å². The molecule has 120 valence electrons. The predicted molar refractivity (Wildman–Crippen MR) is 85.1 cm³/mol. The number of piperazine rings is 1. The molecule has 1 saturated heterocycles. The smallest absolute Gasteiger partial charge is 0.228 e. The van der Waals surface area contributed by atoms with Gasteiger partial charge < -0.3 is 19.6 Å². The molecule has 22 heavy (non-hydrogen) atoms. The average molecular weight is 304 g/mol. The number of methoxy groups -OCH3 is 1. The lowest BCUT2D eigenvalue weighted by Crippen LogP contribution is -2.51. The minimum absolute atomic E-state index is 0.135. The molecule has 1 amide bonds. The van der Waals surface area contributed by atoms with Crippen LogP contribution in [0.15, 0.2) is 24.3 Å². The van der Waals surface area contributed by atoms with E-state index in [-0.39, 0.29) is 11.8 Å². The Labute approximate surface area is 131 Å². The summed E-state index contributed by atoms with van der Waals surface area (Å²) < 4.78 is 5.27. The Bertz CT molecular complexity index is 526. The second-order valence-corrected chi connectivity index (χ2v) is 6.12. The number of rotatable bonds is 3. The summed E-state index contributed by atoms with van der Waals surface area (Å²) in [5, 5.41) is 9.91. The van der Waals surface area contributed by atoms with Crippen molar-refractivity contribution >= 4 is 11.6 Å². The fourth-order valence-corrected chi connectivity index (χ4v) is 3.46. The average Bonchev–Trinajstić information content (AvgIpc) is 3.00. The monoisotopic (exact) mass is 304 g/mol. The number of aliphatic hydroxyl groups is 1. The zero-order chi connectivity index (χ0) is 15.5. The normalized spacial score (nSPS) is 25.4. The van der Waals surface area contributed by atoms with Crippen molar-refractivity contribution in [3.05, 3.63) is 24.3 Å². The fraction of sp³-hybridized carbons (Fsp3) is 0.588. The summed E-state index contributed by atoms with van der Waals surface area (Å²) >= 11 is 0. The van der Waals surface area contributed by atoms with Crippen molar-refractivity contribution in [3.8, 4) is 5.75 Å². The minimum Gasteiger partial charge on any atom is -0.497 e. The van der Waals surface area contributed by atoms with Gasteiger partial charge in [0, 0.05) is 37.9 Å². The highest BCUT2D eigenvalue weighted by Gasteiger charge is 2.35. The van der Waals surface area contributed by atoms with E-state index in [1.807, 2.05) is 23.1 Å². The molecule has 2 fully saturated rings. The standard InChI is InChI=1S/C17H24N2O3/c1-22-14-5-2-4-13(12-14)18-8-10-19(11-9-18)17(21)15-6-3-7-16(15)20/h2,4-5,12,15-16,20H,3,6-11H2,1H3. The first kappa shape index (κ1) is 15.2. The predicted octanol–water partition coefficient (Wildman–Crippen LogP) is 1.50. The molecule has 0 spiro atoms. The topological polar surface area (TPSA) is 53.0 Å². The van der Waals surface area contributed by atoms with Crippen LogP contribution in [0.2, 0.25) is 0 Å². The van der Waals surface area contributed by atoms with Gasteiger partial charge >= 0.3 is 0 Å². The van der Waals surface area contributed by atoms with Gasteiger partial charge in [-0.3, -0.25) is 4.79 Å². The Morgan fingerprint density at radius 3 is 2.64 bits per heavy atom. The Kier molecular flexibility index (Phi) is 4.52. The largest absolute Gasteiger partial charge is 0.497 e. The van der Waals surface area contributed by atoms with Crippen LogP contribution in [0.5, 0.6) is 5.75 Å². The van der Waals surface area contributed by atoms with Gasteiger partial charge in [-0.2, -0.15) is 0 Å². The Morgan fingerprint density at radius 1 is 1.23 bits per heavy atom. The summed E-state index contributed by atoms with van der Waals surface area (Å²) in [5.41, 5.74) is 1.13. The van der Waals surface area contributed by atoms with E-state index >= 15 is 0 Å². The lowest BCUT2D eigenvalue weighted by molar-refractivity contribution is -0.138. The second-order valence-electron chi connectivity index (χ2n) is 6.12. The van der Waals surface area contributed by atoms with Gasteiger partial charge in [0.2, 0.25) is 5.91 Å². The summed E-state index contributed by atoms with van der Waals surface area (Å²) in [6.07, 6.45) is 2.11. The summed E-state index contributed by atoms with van der Waals surface area (Å²) in [4.78, 5) is 16.7. The Hall–Kier alpha value is -1.75. The van der Waals surface area contributed by atoms with E-state index in [0.29, 0.717) is 0 Å². The van der Waals surface area contributed by atoms with E-state index in [2.05, 4.69) is 11.0 Å². The van der Waals surface area contributed by atoms with Crippen molar-refractivity contribution < 1.29 is 14.6 Å². The summed E-state index contributed by atoms with van der Waals surface area (Å²) in [5.74, 6) is 0.809. The molecular weight excluding hydrogens is 280 g/mol. The number of carbonyl (C=O) groups is 1. The van der Waals surface area contributed by atoms with Gasteiger partial charge in [-0.15, -0.1) is 0 Å². The molecule has 0 radical (unpaired) electrons. The first-order valence-electron chi connectivity index (χ1n) is 8.05. The zero-order valence-electron chi connectivity index (χ0n) is 13.1. The molecule has 1 aliphatic heterocycles. The van der Waals surface area contributed by atoms with Crippen molar-refractivity contribution in [2.24, 2.45) is 5.92 Å². The molecule has 1 aromatic carbocycles. The highest BCUT2D eigenvalue weighted by atomic mass is 16.5. The maximum absolute atomic E-state index is 12.5. The van der Waals surface area contributed by atoms with Crippen LogP contribution in [0.3, 0.4) is 0 Å². The lowest BCUT2D eigenvalue weighted by Gasteiger charge is -2.37. The zero-order valence-corrected chi connectivity index (χ0v) is 13.1. The number of amides is 1. The maximum Gasteiger partial charge on any atom is 0.228 e.